The number of amides is 2. The van der Waals surface area contributed by atoms with Crippen LogP contribution in [0.3, 0.4) is 0 Å². The van der Waals surface area contributed by atoms with Crippen molar-refractivity contribution in [3.05, 3.63) is 46.6 Å². The van der Waals surface area contributed by atoms with Crippen LogP contribution in [0.25, 0.3) is 0 Å². The van der Waals surface area contributed by atoms with Crippen molar-refractivity contribution >= 4 is 46.4 Å². The second-order valence-electron chi connectivity index (χ2n) is 5.06. The molecule has 3 rings (SSSR count). The summed E-state index contributed by atoms with van der Waals surface area (Å²) >= 11 is 11.8. The van der Waals surface area contributed by atoms with Gasteiger partial charge in [0.15, 0.2) is 0 Å². The molecule has 0 atom stereocenters. The molecule has 7 heteroatoms. The molecule has 2 aromatic rings. The van der Waals surface area contributed by atoms with E-state index in [1.54, 1.807) is 24.4 Å². The Morgan fingerprint density at radius 3 is 2.50 bits per heavy atom. The molecule has 1 saturated carbocycles. The Morgan fingerprint density at radius 1 is 1.09 bits per heavy atom. The number of pyridine rings is 1. The van der Waals surface area contributed by atoms with E-state index in [1.165, 1.54) is 0 Å². The van der Waals surface area contributed by atoms with E-state index in [0.717, 1.165) is 24.2 Å². The first-order valence-electron chi connectivity index (χ1n) is 6.86. The zero-order valence-corrected chi connectivity index (χ0v) is 13.1. The maximum Gasteiger partial charge on any atom is 0.320 e. The van der Waals surface area contributed by atoms with Crippen LogP contribution in [-0.2, 0) is 0 Å². The van der Waals surface area contributed by atoms with E-state index in [2.05, 4.69) is 20.9 Å². The number of rotatable bonds is 4. The lowest BCUT2D eigenvalue weighted by Gasteiger charge is -2.09. The van der Waals surface area contributed by atoms with Crippen molar-refractivity contribution in [2.75, 3.05) is 10.6 Å². The number of nitrogens with zero attached hydrogens (tertiary/aromatic N) is 1. The molecule has 0 saturated heterocycles. The standard InChI is InChI=1S/C15H14Cl2N4O/c16-12-5-3-10(7-13(12)17)19-11-4-6-14(18-8-11)21-15(22)20-9-1-2-9/h3-9,19H,1-2H2,(H2,18,20,21,22). The van der Waals surface area contributed by atoms with Gasteiger partial charge in [0.2, 0.25) is 0 Å². The maximum atomic E-state index is 11.6. The fourth-order valence-electron chi connectivity index (χ4n) is 1.85. The normalized spacial score (nSPS) is 13.5. The van der Waals surface area contributed by atoms with E-state index in [0.29, 0.717) is 21.9 Å². The maximum absolute atomic E-state index is 11.6. The second-order valence-corrected chi connectivity index (χ2v) is 5.87. The van der Waals surface area contributed by atoms with Gasteiger partial charge in [-0.05, 0) is 43.2 Å². The summed E-state index contributed by atoms with van der Waals surface area (Å²) in [5.41, 5.74) is 1.59. The molecule has 5 nitrogen and oxygen atoms in total. The van der Waals surface area contributed by atoms with Crippen LogP contribution in [0.15, 0.2) is 36.5 Å². The van der Waals surface area contributed by atoms with E-state index in [-0.39, 0.29) is 6.03 Å². The summed E-state index contributed by atoms with van der Waals surface area (Å²) in [5.74, 6) is 0.498. The molecule has 2 amide bonds. The van der Waals surface area contributed by atoms with Crippen LogP contribution in [0.5, 0.6) is 0 Å². The zero-order valence-electron chi connectivity index (χ0n) is 11.6. The summed E-state index contributed by atoms with van der Waals surface area (Å²) in [6.45, 7) is 0. The number of anilines is 3. The average molecular weight is 337 g/mol. The van der Waals surface area contributed by atoms with Crippen LogP contribution in [0.2, 0.25) is 10.0 Å². The van der Waals surface area contributed by atoms with Crippen LogP contribution >= 0.6 is 23.2 Å². The van der Waals surface area contributed by atoms with Gasteiger partial charge in [0.25, 0.3) is 0 Å². The van der Waals surface area contributed by atoms with Gasteiger partial charge in [0, 0.05) is 11.7 Å². The van der Waals surface area contributed by atoms with Crippen LogP contribution in [0.1, 0.15) is 12.8 Å². The summed E-state index contributed by atoms with van der Waals surface area (Å²) in [5, 5.41) is 9.68. The molecule has 1 aliphatic rings. The number of nitrogens with one attached hydrogen (secondary N) is 3. The number of halogens is 2. The molecule has 3 N–H and O–H groups in total. The lowest BCUT2D eigenvalue weighted by atomic mass is 10.3. The van der Waals surface area contributed by atoms with E-state index in [1.807, 2.05) is 12.1 Å². The van der Waals surface area contributed by atoms with Crippen molar-refractivity contribution in [3.8, 4) is 0 Å². The Kier molecular flexibility index (Phi) is 4.36. The van der Waals surface area contributed by atoms with Crippen LogP contribution in [-0.4, -0.2) is 17.1 Å². The molecule has 114 valence electrons. The number of carbonyl (C=O) groups is 1. The van der Waals surface area contributed by atoms with Crippen molar-refractivity contribution in [2.45, 2.75) is 18.9 Å². The highest BCUT2D eigenvalue weighted by atomic mass is 35.5. The van der Waals surface area contributed by atoms with Gasteiger partial charge >= 0.3 is 6.03 Å². The minimum absolute atomic E-state index is 0.222. The van der Waals surface area contributed by atoms with E-state index < -0.39 is 0 Å². The van der Waals surface area contributed by atoms with Crippen LogP contribution in [0, 0.1) is 0 Å². The second kappa shape index (κ2) is 6.42. The molecule has 0 aliphatic heterocycles. The molecule has 0 spiro atoms. The van der Waals surface area contributed by atoms with Gasteiger partial charge in [0.1, 0.15) is 5.82 Å². The number of carbonyl (C=O) groups excluding carboxylic acids is 1. The van der Waals surface area contributed by atoms with Gasteiger partial charge in [-0.3, -0.25) is 5.32 Å². The Balaban J connectivity index is 1.60. The number of urea groups is 1. The molecule has 1 aliphatic carbocycles. The highest BCUT2D eigenvalue weighted by Crippen LogP contribution is 2.27. The predicted octanol–water partition coefficient (Wildman–Crippen LogP) is 4.42. The van der Waals surface area contributed by atoms with Crippen LogP contribution in [0.4, 0.5) is 22.0 Å². The Morgan fingerprint density at radius 2 is 1.86 bits per heavy atom. The molecule has 0 bridgehead atoms. The van der Waals surface area contributed by atoms with Gasteiger partial charge in [-0.1, -0.05) is 23.2 Å². The largest absolute Gasteiger partial charge is 0.354 e. The van der Waals surface area contributed by atoms with Gasteiger partial charge in [0.05, 0.1) is 21.9 Å². The number of hydrogen-bond donors (Lipinski definition) is 3. The van der Waals surface area contributed by atoms with Crippen molar-refractivity contribution in [1.29, 1.82) is 0 Å². The summed E-state index contributed by atoms with van der Waals surface area (Å²) in [6.07, 6.45) is 3.73. The third-order valence-electron chi connectivity index (χ3n) is 3.13. The average Bonchev–Trinajstić information content (AvgIpc) is 3.29. The van der Waals surface area contributed by atoms with Crippen molar-refractivity contribution in [2.24, 2.45) is 0 Å². The van der Waals surface area contributed by atoms with Crippen molar-refractivity contribution < 1.29 is 4.79 Å². The molecular formula is C15H14Cl2N4O. The van der Waals surface area contributed by atoms with Crippen molar-refractivity contribution in [3.63, 3.8) is 0 Å². The third-order valence-corrected chi connectivity index (χ3v) is 3.86. The Labute approximate surface area is 138 Å². The topological polar surface area (TPSA) is 66.0 Å². The lowest BCUT2D eigenvalue weighted by Crippen LogP contribution is -2.30. The monoisotopic (exact) mass is 336 g/mol. The smallest absolute Gasteiger partial charge is 0.320 e. The third kappa shape index (κ3) is 4.02. The molecule has 22 heavy (non-hydrogen) atoms. The molecule has 0 unspecified atom stereocenters. The Bertz CT molecular complexity index is 686. The first-order valence-corrected chi connectivity index (χ1v) is 7.61. The van der Waals surface area contributed by atoms with Gasteiger partial charge in [-0.15, -0.1) is 0 Å². The SMILES string of the molecule is O=C(Nc1ccc(Nc2ccc(Cl)c(Cl)c2)cn1)NC1CC1. The highest BCUT2D eigenvalue weighted by Gasteiger charge is 2.23. The predicted molar refractivity (Wildman–Crippen MR) is 89.2 cm³/mol. The van der Waals surface area contributed by atoms with Crippen LogP contribution < -0.4 is 16.0 Å². The van der Waals surface area contributed by atoms with E-state index in [4.69, 9.17) is 23.2 Å². The van der Waals surface area contributed by atoms with E-state index >= 15 is 0 Å². The summed E-state index contributed by atoms with van der Waals surface area (Å²) in [6, 6.07) is 8.92. The molecule has 0 radical (unpaired) electrons. The number of aromatic nitrogens is 1. The molecule has 1 fully saturated rings. The minimum Gasteiger partial charge on any atom is -0.354 e. The molecule has 1 heterocycles. The highest BCUT2D eigenvalue weighted by molar-refractivity contribution is 6.42. The number of benzene rings is 1. The molecule has 1 aromatic carbocycles. The summed E-state index contributed by atoms with van der Waals surface area (Å²) < 4.78 is 0. The fraction of sp³-hybridized carbons (Fsp3) is 0.200. The number of hydrogen-bond acceptors (Lipinski definition) is 3. The summed E-state index contributed by atoms with van der Waals surface area (Å²) in [4.78, 5) is 15.8. The minimum atomic E-state index is -0.222. The first-order chi connectivity index (χ1) is 10.6. The zero-order chi connectivity index (χ0) is 15.5. The fourth-order valence-corrected chi connectivity index (χ4v) is 2.15. The summed E-state index contributed by atoms with van der Waals surface area (Å²) in [7, 11) is 0. The van der Waals surface area contributed by atoms with E-state index in [9.17, 15) is 4.79 Å². The Hall–Kier alpha value is -1.98. The molecular weight excluding hydrogens is 323 g/mol. The molecule has 1 aromatic heterocycles. The first kappa shape index (κ1) is 14.9. The van der Waals surface area contributed by atoms with Gasteiger partial charge < -0.3 is 10.6 Å². The lowest BCUT2D eigenvalue weighted by molar-refractivity contribution is 0.251. The van der Waals surface area contributed by atoms with Crippen molar-refractivity contribution in [1.82, 2.24) is 10.3 Å². The quantitative estimate of drug-likeness (QED) is 0.774. The van der Waals surface area contributed by atoms with Gasteiger partial charge in [-0.25, -0.2) is 9.78 Å². The van der Waals surface area contributed by atoms with Gasteiger partial charge in [-0.2, -0.15) is 0 Å².